The SMILES string of the molecule is C=CCN(CC=C)C(=O)C(Cl)(Cl)Cl. The maximum atomic E-state index is 11.4. The molecule has 0 rings (SSSR count). The van der Waals surface area contributed by atoms with E-state index in [-0.39, 0.29) is 0 Å². The molecule has 5 heteroatoms. The van der Waals surface area contributed by atoms with Crippen LogP contribution in [0.3, 0.4) is 0 Å². The molecule has 74 valence electrons. The minimum Gasteiger partial charge on any atom is -0.332 e. The zero-order valence-corrected chi connectivity index (χ0v) is 9.24. The summed E-state index contributed by atoms with van der Waals surface area (Å²) in [4.78, 5) is 12.7. The Morgan fingerprint density at radius 3 is 1.85 bits per heavy atom. The van der Waals surface area contributed by atoms with E-state index in [1.807, 2.05) is 0 Å². The first-order chi connectivity index (χ1) is 5.93. The van der Waals surface area contributed by atoms with Gasteiger partial charge in [-0.05, 0) is 0 Å². The number of hydrogen-bond acceptors (Lipinski definition) is 1. The summed E-state index contributed by atoms with van der Waals surface area (Å²) in [5, 5.41) is 0. The summed E-state index contributed by atoms with van der Waals surface area (Å²) in [6.45, 7) is 7.64. The van der Waals surface area contributed by atoms with E-state index in [1.54, 1.807) is 12.2 Å². The van der Waals surface area contributed by atoms with Gasteiger partial charge in [0.2, 0.25) is 0 Å². The molecule has 0 aliphatic heterocycles. The zero-order chi connectivity index (χ0) is 10.5. The largest absolute Gasteiger partial charge is 0.332 e. The van der Waals surface area contributed by atoms with Gasteiger partial charge in [-0.3, -0.25) is 4.79 Å². The highest BCUT2D eigenvalue weighted by atomic mass is 35.6. The number of carbonyl (C=O) groups excluding carboxylic acids is 1. The molecular formula is C8H10Cl3NO. The summed E-state index contributed by atoms with van der Waals surface area (Å²) in [6, 6.07) is 0. The maximum absolute atomic E-state index is 11.4. The minimum atomic E-state index is -1.91. The first-order valence-corrected chi connectivity index (χ1v) is 4.64. The summed E-state index contributed by atoms with van der Waals surface area (Å²) in [6.07, 6.45) is 3.11. The van der Waals surface area contributed by atoms with Gasteiger partial charge in [-0.15, -0.1) is 13.2 Å². The Labute approximate surface area is 92.7 Å². The first-order valence-electron chi connectivity index (χ1n) is 3.51. The molecule has 0 heterocycles. The Balaban J connectivity index is 4.44. The average Bonchev–Trinajstić information content (AvgIpc) is 2.01. The fourth-order valence-electron chi connectivity index (χ4n) is 0.731. The molecule has 0 aliphatic rings. The van der Waals surface area contributed by atoms with Crippen LogP contribution < -0.4 is 0 Å². The molecular weight excluding hydrogens is 232 g/mol. The van der Waals surface area contributed by atoms with Crippen molar-refractivity contribution >= 4 is 40.7 Å². The van der Waals surface area contributed by atoms with Crippen LogP contribution in [0.5, 0.6) is 0 Å². The lowest BCUT2D eigenvalue weighted by Gasteiger charge is -2.22. The normalized spacial score (nSPS) is 10.7. The van der Waals surface area contributed by atoms with Gasteiger partial charge in [-0.2, -0.15) is 0 Å². The number of rotatable bonds is 4. The Morgan fingerprint density at radius 2 is 1.62 bits per heavy atom. The van der Waals surface area contributed by atoms with Gasteiger partial charge in [-0.25, -0.2) is 0 Å². The van der Waals surface area contributed by atoms with Crippen molar-refractivity contribution in [1.82, 2.24) is 4.90 Å². The predicted octanol–water partition coefficient (Wildman–Crippen LogP) is 2.56. The number of amides is 1. The van der Waals surface area contributed by atoms with E-state index in [2.05, 4.69) is 13.2 Å². The molecule has 0 saturated carbocycles. The average molecular weight is 243 g/mol. The molecule has 13 heavy (non-hydrogen) atoms. The Kier molecular flexibility index (Phi) is 5.45. The molecule has 0 saturated heterocycles. The number of nitrogens with zero attached hydrogens (tertiary/aromatic N) is 1. The second kappa shape index (κ2) is 5.53. The lowest BCUT2D eigenvalue weighted by Crippen LogP contribution is -2.39. The smallest absolute Gasteiger partial charge is 0.275 e. The number of halogens is 3. The molecule has 0 aromatic carbocycles. The Morgan fingerprint density at radius 1 is 1.23 bits per heavy atom. The Hall–Kier alpha value is -0.180. The summed E-state index contributed by atoms with van der Waals surface area (Å²) in [7, 11) is 0. The van der Waals surface area contributed by atoms with Crippen LogP contribution in [0.25, 0.3) is 0 Å². The molecule has 0 aromatic heterocycles. The van der Waals surface area contributed by atoms with Crippen molar-refractivity contribution < 1.29 is 4.79 Å². The van der Waals surface area contributed by atoms with Crippen molar-refractivity contribution in [1.29, 1.82) is 0 Å². The molecule has 0 spiro atoms. The van der Waals surface area contributed by atoms with Gasteiger partial charge in [0.25, 0.3) is 9.70 Å². The number of alkyl halides is 3. The second-order valence-corrected chi connectivity index (χ2v) is 4.57. The number of carbonyl (C=O) groups is 1. The number of hydrogen-bond donors (Lipinski definition) is 0. The first kappa shape index (κ1) is 12.8. The van der Waals surface area contributed by atoms with E-state index in [0.717, 1.165) is 0 Å². The molecule has 0 N–H and O–H groups in total. The second-order valence-electron chi connectivity index (χ2n) is 2.29. The molecule has 0 aliphatic carbocycles. The van der Waals surface area contributed by atoms with Crippen molar-refractivity contribution in [2.24, 2.45) is 0 Å². The highest BCUT2D eigenvalue weighted by Gasteiger charge is 2.34. The van der Waals surface area contributed by atoms with Crippen LogP contribution in [-0.2, 0) is 4.79 Å². The van der Waals surface area contributed by atoms with Crippen molar-refractivity contribution in [3.8, 4) is 0 Å². The third-order valence-corrected chi connectivity index (χ3v) is 1.71. The van der Waals surface area contributed by atoms with Crippen molar-refractivity contribution in [2.75, 3.05) is 13.1 Å². The monoisotopic (exact) mass is 241 g/mol. The molecule has 0 bridgehead atoms. The van der Waals surface area contributed by atoms with Gasteiger partial charge in [-0.1, -0.05) is 47.0 Å². The third kappa shape index (κ3) is 4.55. The lowest BCUT2D eigenvalue weighted by atomic mass is 10.4. The fourth-order valence-corrected chi connectivity index (χ4v) is 1.09. The zero-order valence-electron chi connectivity index (χ0n) is 6.97. The van der Waals surface area contributed by atoms with Gasteiger partial charge >= 0.3 is 0 Å². The highest BCUT2D eigenvalue weighted by Crippen LogP contribution is 2.28. The third-order valence-electron chi connectivity index (χ3n) is 1.23. The summed E-state index contributed by atoms with van der Waals surface area (Å²) < 4.78 is -1.91. The fraction of sp³-hybridized carbons (Fsp3) is 0.375. The van der Waals surface area contributed by atoms with Gasteiger partial charge in [0.1, 0.15) is 0 Å². The van der Waals surface area contributed by atoms with Gasteiger partial charge in [0.15, 0.2) is 0 Å². The van der Waals surface area contributed by atoms with Crippen molar-refractivity contribution in [3.05, 3.63) is 25.3 Å². The molecule has 0 aromatic rings. The standard InChI is InChI=1S/C8H10Cl3NO/c1-3-5-12(6-4-2)7(13)8(9,10)11/h3-4H,1-2,5-6H2. The van der Waals surface area contributed by atoms with Crippen LogP contribution in [0.15, 0.2) is 25.3 Å². The van der Waals surface area contributed by atoms with Crippen LogP contribution in [-0.4, -0.2) is 27.7 Å². The van der Waals surface area contributed by atoms with E-state index < -0.39 is 9.70 Å². The summed E-state index contributed by atoms with van der Waals surface area (Å²) in [5.41, 5.74) is 0. The van der Waals surface area contributed by atoms with Crippen molar-refractivity contribution in [2.45, 2.75) is 3.79 Å². The molecule has 2 nitrogen and oxygen atoms in total. The van der Waals surface area contributed by atoms with Crippen molar-refractivity contribution in [3.63, 3.8) is 0 Å². The highest BCUT2D eigenvalue weighted by molar-refractivity contribution is 6.76. The Bertz CT molecular complexity index is 200. The predicted molar refractivity (Wildman–Crippen MR) is 57.3 cm³/mol. The van der Waals surface area contributed by atoms with Gasteiger partial charge in [0, 0.05) is 13.1 Å². The van der Waals surface area contributed by atoms with E-state index >= 15 is 0 Å². The molecule has 0 unspecified atom stereocenters. The summed E-state index contributed by atoms with van der Waals surface area (Å²) in [5.74, 6) is -0.572. The van der Waals surface area contributed by atoms with Crippen LogP contribution in [0.1, 0.15) is 0 Å². The van der Waals surface area contributed by atoms with E-state index in [9.17, 15) is 4.79 Å². The van der Waals surface area contributed by atoms with Crippen LogP contribution in [0, 0.1) is 0 Å². The molecule has 0 atom stereocenters. The minimum absolute atomic E-state index is 0.332. The molecule has 0 fully saturated rings. The van der Waals surface area contributed by atoms with Gasteiger partial charge < -0.3 is 4.90 Å². The lowest BCUT2D eigenvalue weighted by molar-refractivity contribution is -0.129. The summed E-state index contributed by atoms with van der Waals surface area (Å²) >= 11 is 16.3. The van der Waals surface area contributed by atoms with Gasteiger partial charge in [0.05, 0.1) is 0 Å². The van der Waals surface area contributed by atoms with Crippen LogP contribution in [0.4, 0.5) is 0 Å². The molecule has 0 radical (unpaired) electrons. The maximum Gasteiger partial charge on any atom is 0.275 e. The molecule has 1 amide bonds. The van der Waals surface area contributed by atoms with E-state index in [0.29, 0.717) is 13.1 Å². The quantitative estimate of drug-likeness (QED) is 0.548. The van der Waals surface area contributed by atoms with E-state index in [1.165, 1.54) is 4.90 Å². The van der Waals surface area contributed by atoms with E-state index in [4.69, 9.17) is 34.8 Å². The topological polar surface area (TPSA) is 20.3 Å². The van der Waals surface area contributed by atoms with Crippen LogP contribution >= 0.6 is 34.8 Å². The van der Waals surface area contributed by atoms with Crippen LogP contribution in [0.2, 0.25) is 0 Å².